The molecule has 0 heterocycles. The molecule has 5 heteroatoms. The van der Waals surface area contributed by atoms with Gasteiger partial charge in [0, 0.05) is 12.8 Å². The molecule has 0 spiro atoms. The fourth-order valence-electron chi connectivity index (χ4n) is 13.7. The molecule has 0 aromatic heterocycles. The monoisotopic (exact) mass is 1270 g/mol. The van der Waals surface area contributed by atoms with E-state index in [9.17, 15) is 14.7 Å². The molecular formula is C85H166O5. The smallest absolute Gasteiger partial charge is 0.306 e. The van der Waals surface area contributed by atoms with E-state index in [1.54, 1.807) is 0 Å². The van der Waals surface area contributed by atoms with E-state index < -0.39 is 6.10 Å². The highest BCUT2D eigenvalue weighted by Gasteiger charge is 2.16. The van der Waals surface area contributed by atoms with Gasteiger partial charge in [-0.2, -0.15) is 0 Å². The van der Waals surface area contributed by atoms with Gasteiger partial charge in [0.25, 0.3) is 0 Å². The van der Waals surface area contributed by atoms with E-state index in [1.807, 2.05) is 0 Å². The topological polar surface area (TPSA) is 72.8 Å². The Morgan fingerprint density at radius 3 is 0.600 bits per heavy atom. The van der Waals surface area contributed by atoms with Crippen molar-refractivity contribution in [1.82, 2.24) is 0 Å². The molecule has 536 valence electrons. The van der Waals surface area contributed by atoms with Gasteiger partial charge >= 0.3 is 11.9 Å². The van der Waals surface area contributed by atoms with Crippen molar-refractivity contribution in [2.24, 2.45) is 0 Å². The molecule has 0 aliphatic rings. The summed E-state index contributed by atoms with van der Waals surface area (Å²) in [5.41, 5.74) is 0. The summed E-state index contributed by atoms with van der Waals surface area (Å²) in [7, 11) is 0. The fraction of sp³-hybridized carbons (Fsp3) is 0.953. The van der Waals surface area contributed by atoms with Gasteiger partial charge in [-0.05, 0) is 38.5 Å². The Bertz CT molecular complexity index is 1340. The van der Waals surface area contributed by atoms with Gasteiger partial charge in [0.1, 0.15) is 6.61 Å². The number of esters is 2. The van der Waals surface area contributed by atoms with Crippen LogP contribution < -0.4 is 0 Å². The van der Waals surface area contributed by atoms with Crippen molar-refractivity contribution in [1.29, 1.82) is 0 Å². The second kappa shape index (κ2) is 81.9. The summed E-state index contributed by atoms with van der Waals surface area (Å²) in [6.07, 6.45) is 108. The average molecular weight is 1270 g/mol. The second-order valence-electron chi connectivity index (χ2n) is 29.3. The zero-order valence-corrected chi connectivity index (χ0v) is 62.0. The molecule has 0 radical (unpaired) electrons. The van der Waals surface area contributed by atoms with Gasteiger partial charge < -0.3 is 14.6 Å². The van der Waals surface area contributed by atoms with Gasteiger partial charge in [-0.1, -0.05) is 463 Å². The normalized spacial score (nSPS) is 12.1. The van der Waals surface area contributed by atoms with Gasteiger partial charge in [-0.25, -0.2) is 0 Å². The molecule has 5 nitrogen and oxygen atoms in total. The van der Waals surface area contributed by atoms with E-state index in [4.69, 9.17) is 9.47 Å². The molecule has 90 heavy (non-hydrogen) atoms. The minimum Gasteiger partial charge on any atom is -0.462 e. The Balaban J connectivity index is 3.33. The Kier molecular flexibility index (Phi) is 80.6. The number of allylic oxidation sites excluding steroid dienone is 2. The maximum absolute atomic E-state index is 12.4. The van der Waals surface area contributed by atoms with E-state index in [2.05, 4.69) is 26.0 Å². The van der Waals surface area contributed by atoms with Gasteiger partial charge in [-0.15, -0.1) is 0 Å². The van der Waals surface area contributed by atoms with Gasteiger partial charge in [-0.3, -0.25) is 9.59 Å². The van der Waals surface area contributed by atoms with Crippen molar-refractivity contribution >= 4 is 11.9 Å². The molecule has 0 aromatic carbocycles. The van der Waals surface area contributed by atoms with Crippen molar-refractivity contribution in [3.8, 4) is 0 Å². The number of hydrogen-bond donors (Lipinski definition) is 1. The number of carbonyl (C=O) groups excluding carboxylic acids is 2. The zero-order valence-electron chi connectivity index (χ0n) is 62.0. The van der Waals surface area contributed by atoms with Crippen LogP contribution in [0, 0.1) is 0 Å². The van der Waals surface area contributed by atoms with Crippen LogP contribution in [0.15, 0.2) is 12.2 Å². The first kappa shape index (κ1) is 88.6. The summed E-state index contributed by atoms with van der Waals surface area (Å²) >= 11 is 0. The van der Waals surface area contributed by atoms with Crippen LogP contribution in [-0.2, 0) is 19.1 Å². The minimum atomic E-state index is -0.768. The van der Waals surface area contributed by atoms with Crippen LogP contribution >= 0.6 is 0 Å². The first-order chi connectivity index (χ1) is 44.6. The molecule has 0 saturated heterocycles. The number of carbonyl (C=O) groups is 2. The summed E-state index contributed by atoms with van der Waals surface area (Å²) in [6.45, 7) is 4.23. The maximum Gasteiger partial charge on any atom is 0.306 e. The lowest BCUT2D eigenvalue weighted by atomic mass is 10.0. The van der Waals surface area contributed by atoms with Crippen molar-refractivity contribution in [3.63, 3.8) is 0 Å². The summed E-state index contributed by atoms with van der Waals surface area (Å²) in [5, 5.41) is 9.74. The zero-order chi connectivity index (χ0) is 64.7. The predicted octanol–water partition coefficient (Wildman–Crippen LogP) is 29.7. The molecule has 0 saturated carbocycles. The highest BCUT2D eigenvalue weighted by Crippen LogP contribution is 2.21. The predicted molar refractivity (Wildman–Crippen MR) is 399 cm³/mol. The molecule has 1 unspecified atom stereocenters. The van der Waals surface area contributed by atoms with Crippen LogP contribution in [0.25, 0.3) is 0 Å². The van der Waals surface area contributed by atoms with Crippen LogP contribution in [0.4, 0.5) is 0 Å². The SMILES string of the molecule is CCCCCCCCCC/C=C\CCCCCCCCCCCCCCCCCCCCCCCCCCCC(=O)OC(CO)COC(=O)CCCCCCCCCCCCCCCCCCCCCCCCCCCCCCCCCCCCCCCCC. The van der Waals surface area contributed by atoms with E-state index in [-0.39, 0.29) is 25.2 Å². The molecule has 0 fully saturated rings. The highest BCUT2D eigenvalue weighted by atomic mass is 16.6. The standard InChI is InChI=1S/C85H166O5/c1-3-5-7-9-11-13-15-17-19-21-23-25-27-29-31-33-35-37-39-41-42-44-45-47-49-51-53-55-57-59-61-63-65-67-69-71-73-75-77-79-84(87)89-82-83(81-86)90-85(88)80-78-76-74-72-70-68-66-64-62-60-58-56-54-52-50-48-46-43-40-38-36-34-32-30-28-26-24-22-20-18-16-14-12-10-8-6-4-2/h22,24,83,86H,3-21,23,25-82H2,1-2H3/b24-22-. The van der Waals surface area contributed by atoms with Gasteiger partial charge in [0.05, 0.1) is 6.61 Å². The van der Waals surface area contributed by atoms with Crippen molar-refractivity contribution in [2.75, 3.05) is 13.2 Å². The van der Waals surface area contributed by atoms with Gasteiger partial charge in [0.15, 0.2) is 6.10 Å². The molecule has 0 rings (SSSR count). The minimum absolute atomic E-state index is 0.0560. The Morgan fingerprint density at radius 1 is 0.244 bits per heavy atom. The fourth-order valence-corrected chi connectivity index (χ4v) is 13.7. The second-order valence-corrected chi connectivity index (χ2v) is 29.3. The van der Waals surface area contributed by atoms with Crippen molar-refractivity contribution in [2.45, 2.75) is 508 Å². The highest BCUT2D eigenvalue weighted by molar-refractivity contribution is 5.70. The Labute approximate surface area is 566 Å². The lowest BCUT2D eigenvalue weighted by Crippen LogP contribution is -2.28. The molecule has 0 aliphatic carbocycles. The molecule has 0 aliphatic heterocycles. The first-order valence-electron chi connectivity index (χ1n) is 42.2. The molecule has 0 aromatic rings. The van der Waals surface area contributed by atoms with Crippen LogP contribution in [0.1, 0.15) is 502 Å². The summed E-state index contributed by atoms with van der Waals surface area (Å²) in [4.78, 5) is 24.7. The molecule has 1 N–H and O–H groups in total. The van der Waals surface area contributed by atoms with Crippen LogP contribution in [-0.4, -0.2) is 36.4 Å². The lowest BCUT2D eigenvalue weighted by molar-refractivity contribution is -0.161. The largest absolute Gasteiger partial charge is 0.462 e. The molecule has 1 atom stereocenters. The molecular weight excluding hydrogens is 1100 g/mol. The van der Waals surface area contributed by atoms with E-state index in [0.29, 0.717) is 12.8 Å². The van der Waals surface area contributed by atoms with Crippen molar-refractivity contribution < 1.29 is 24.2 Å². The lowest BCUT2D eigenvalue weighted by Gasteiger charge is -2.15. The molecule has 0 bridgehead atoms. The number of rotatable bonds is 81. The third-order valence-corrected chi connectivity index (χ3v) is 20.1. The van der Waals surface area contributed by atoms with Crippen molar-refractivity contribution in [3.05, 3.63) is 12.2 Å². The van der Waals surface area contributed by atoms with Crippen LogP contribution in [0.3, 0.4) is 0 Å². The van der Waals surface area contributed by atoms with Crippen LogP contribution in [0.2, 0.25) is 0 Å². The summed E-state index contributed by atoms with van der Waals surface area (Å²) in [5.74, 6) is -0.556. The van der Waals surface area contributed by atoms with E-state index in [1.165, 1.54) is 443 Å². The molecule has 0 amide bonds. The first-order valence-corrected chi connectivity index (χ1v) is 42.2. The number of aliphatic hydroxyl groups is 1. The average Bonchev–Trinajstić information content (AvgIpc) is 3.62. The summed E-state index contributed by atoms with van der Waals surface area (Å²) in [6, 6.07) is 0. The van der Waals surface area contributed by atoms with Gasteiger partial charge in [0.2, 0.25) is 0 Å². The van der Waals surface area contributed by atoms with E-state index in [0.717, 1.165) is 32.1 Å². The number of unbranched alkanes of at least 4 members (excludes halogenated alkanes) is 71. The third kappa shape index (κ3) is 79.1. The number of hydrogen-bond acceptors (Lipinski definition) is 5. The summed E-state index contributed by atoms with van der Waals surface area (Å²) < 4.78 is 10.8. The van der Waals surface area contributed by atoms with Crippen LogP contribution in [0.5, 0.6) is 0 Å². The third-order valence-electron chi connectivity index (χ3n) is 20.1. The Hall–Kier alpha value is -1.36. The number of ether oxygens (including phenoxy) is 2. The quantitative estimate of drug-likeness (QED) is 0.0373. The Morgan fingerprint density at radius 2 is 0.411 bits per heavy atom. The number of aliphatic hydroxyl groups excluding tert-OH is 1. The maximum atomic E-state index is 12.4. The van der Waals surface area contributed by atoms with E-state index >= 15 is 0 Å².